The number of nitrogens with one attached hydrogen (secondary N) is 1. The number of phenols is 1. The van der Waals surface area contributed by atoms with Crippen LogP contribution in [0.3, 0.4) is 0 Å². The second-order valence-corrected chi connectivity index (χ2v) is 6.09. The van der Waals surface area contributed by atoms with Gasteiger partial charge in [0.2, 0.25) is 0 Å². The Morgan fingerprint density at radius 2 is 2.04 bits per heavy atom. The van der Waals surface area contributed by atoms with Crippen LogP contribution in [0.4, 0.5) is 0 Å². The summed E-state index contributed by atoms with van der Waals surface area (Å²) in [6, 6.07) is 8.37. The fourth-order valence-electron chi connectivity index (χ4n) is 2.83. The van der Waals surface area contributed by atoms with Gasteiger partial charge in [-0.15, -0.1) is 0 Å². The van der Waals surface area contributed by atoms with Crippen molar-refractivity contribution in [3.8, 4) is 5.75 Å². The summed E-state index contributed by atoms with van der Waals surface area (Å²) in [5, 5.41) is 16.2. The molecule has 2 heterocycles. The molecule has 3 rings (SSSR count). The van der Waals surface area contributed by atoms with Crippen LogP contribution in [0.1, 0.15) is 41.2 Å². The van der Waals surface area contributed by atoms with Gasteiger partial charge in [0.05, 0.1) is 25.8 Å². The van der Waals surface area contributed by atoms with Gasteiger partial charge in [0.15, 0.2) is 11.5 Å². The van der Waals surface area contributed by atoms with E-state index in [4.69, 9.17) is 9.26 Å². The third kappa shape index (κ3) is 4.58. The predicted octanol–water partition coefficient (Wildman–Crippen LogP) is 2.09. The monoisotopic (exact) mass is 345 g/mol. The van der Waals surface area contributed by atoms with Crippen molar-refractivity contribution in [1.82, 2.24) is 15.4 Å². The Hall–Kier alpha value is -2.38. The van der Waals surface area contributed by atoms with Crippen molar-refractivity contribution in [2.24, 2.45) is 0 Å². The van der Waals surface area contributed by atoms with Gasteiger partial charge in [0.25, 0.3) is 5.91 Å². The van der Waals surface area contributed by atoms with Crippen molar-refractivity contribution >= 4 is 5.91 Å². The topological polar surface area (TPSA) is 87.8 Å². The second-order valence-electron chi connectivity index (χ2n) is 6.09. The van der Waals surface area contributed by atoms with Crippen LogP contribution in [0.2, 0.25) is 0 Å². The summed E-state index contributed by atoms with van der Waals surface area (Å²) in [5.41, 5.74) is 1.21. The van der Waals surface area contributed by atoms with Gasteiger partial charge in [-0.1, -0.05) is 24.2 Å². The highest BCUT2D eigenvalue weighted by molar-refractivity contribution is 5.92. The molecule has 1 aromatic heterocycles. The first-order valence-corrected chi connectivity index (χ1v) is 8.51. The molecule has 1 fully saturated rings. The highest BCUT2D eigenvalue weighted by Crippen LogP contribution is 2.20. The summed E-state index contributed by atoms with van der Waals surface area (Å²) in [6.45, 7) is 5.74. The molecule has 25 heavy (non-hydrogen) atoms. The lowest BCUT2D eigenvalue weighted by atomic mass is 10.0. The largest absolute Gasteiger partial charge is 0.508 e. The number of carbonyl (C=O) groups is 1. The molecule has 0 saturated carbocycles. The van der Waals surface area contributed by atoms with Crippen molar-refractivity contribution in [1.29, 1.82) is 0 Å². The van der Waals surface area contributed by atoms with Crippen molar-refractivity contribution < 1.29 is 19.2 Å². The Labute approximate surface area is 146 Å². The van der Waals surface area contributed by atoms with Gasteiger partial charge in [-0.05, 0) is 24.1 Å². The summed E-state index contributed by atoms with van der Waals surface area (Å²) in [7, 11) is 0. The number of hydrogen-bond acceptors (Lipinski definition) is 6. The van der Waals surface area contributed by atoms with E-state index < -0.39 is 0 Å². The minimum atomic E-state index is -0.267. The maximum Gasteiger partial charge on any atom is 0.273 e. The minimum absolute atomic E-state index is 0.146. The first-order chi connectivity index (χ1) is 12.2. The van der Waals surface area contributed by atoms with Crippen LogP contribution in [0, 0.1) is 0 Å². The number of morpholine rings is 1. The molecule has 1 aliphatic heterocycles. The average molecular weight is 345 g/mol. The molecule has 1 atom stereocenters. The molecule has 2 N–H and O–H groups in total. The summed E-state index contributed by atoms with van der Waals surface area (Å²) in [5.74, 6) is 0.607. The smallest absolute Gasteiger partial charge is 0.273 e. The third-order valence-electron chi connectivity index (χ3n) is 4.28. The van der Waals surface area contributed by atoms with Crippen LogP contribution in [0.15, 0.2) is 34.9 Å². The Bertz CT molecular complexity index is 693. The van der Waals surface area contributed by atoms with Crippen LogP contribution in [-0.4, -0.2) is 47.4 Å². The molecule has 0 bridgehead atoms. The van der Waals surface area contributed by atoms with Gasteiger partial charge in [0, 0.05) is 19.2 Å². The number of benzene rings is 1. The lowest BCUT2D eigenvalue weighted by molar-refractivity contribution is 0.0305. The Kier molecular flexibility index (Phi) is 5.67. The maximum absolute atomic E-state index is 12.4. The standard InChI is InChI=1S/C18H23N3O4/c1-2-16(13-3-5-14(22)6-4-13)19-18(23)17-11-15(25-20-17)12-21-7-9-24-10-8-21/h3-6,11,16,22H,2,7-10,12H2,1H3,(H,19,23)/t16-/m0/s1. The van der Waals surface area contributed by atoms with E-state index in [0.29, 0.717) is 25.5 Å². The van der Waals surface area contributed by atoms with Gasteiger partial charge >= 0.3 is 0 Å². The molecule has 1 amide bonds. The summed E-state index contributed by atoms with van der Waals surface area (Å²) in [4.78, 5) is 14.6. The highest BCUT2D eigenvalue weighted by atomic mass is 16.5. The molecule has 7 nitrogen and oxygen atoms in total. The number of aromatic nitrogens is 1. The van der Waals surface area contributed by atoms with Gasteiger partial charge in [0.1, 0.15) is 5.75 Å². The lowest BCUT2D eigenvalue weighted by Gasteiger charge is -2.25. The van der Waals surface area contributed by atoms with E-state index in [1.165, 1.54) is 0 Å². The molecular weight excluding hydrogens is 322 g/mol. The van der Waals surface area contributed by atoms with E-state index >= 15 is 0 Å². The molecule has 7 heteroatoms. The summed E-state index contributed by atoms with van der Waals surface area (Å²) < 4.78 is 10.6. The van der Waals surface area contributed by atoms with Gasteiger partial charge < -0.3 is 19.7 Å². The summed E-state index contributed by atoms with van der Waals surface area (Å²) >= 11 is 0. The number of rotatable bonds is 6. The zero-order chi connectivity index (χ0) is 17.6. The van der Waals surface area contributed by atoms with Crippen LogP contribution in [0.5, 0.6) is 5.75 Å². The van der Waals surface area contributed by atoms with Crippen molar-refractivity contribution in [3.05, 3.63) is 47.3 Å². The van der Waals surface area contributed by atoms with E-state index in [-0.39, 0.29) is 23.4 Å². The zero-order valence-corrected chi connectivity index (χ0v) is 14.3. The summed E-state index contributed by atoms with van der Waals surface area (Å²) in [6.07, 6.45) is 0.731. The Balaban J connectivity index is 1.61. The number of ether oxygens (including phenoxy) is 1. The molecule has 0 aliphatic carbocycles. The van der Waals surface area contributed by atoms with Gasteiger partial charge in [-0.3, -0.25) is 9.69 Å². The van der Waals surface area contributed by atoms with Gasteiger partial charge in [-0.2, -0.15) is 0 Å². The molecule has 2 aromatic rings. The van der Waals surface area contributed by atoms with Gasteiger partial charge in [-0.25, -0.2) is 0 Å². The Morgan fingerprint density at radius 1 is 1.32 bits per heavy atom. The number of aromatic hydroxyl groups is 1. The first-order valence-electron chi connectivity index (χ1n) is 8.51. The average Bonchev–Trinajstić information content (AvgIpc) is 3.10. The first kappa shape index (κ1) is 17.4. The number of hydrogen-bond donors (Lipinski definition) is 2. The molecule has 0 spiro atoms. The van der Waals surface area contributed by atoms with Crippen LogP contribution >= 0.6 is 0 Å². The number of amides is 1. The fourth-order valence-corrected chi connectivity index (χ4v) is 2.83. The Morgan fingerprint density at radius 3 is 2.72 bits per heavy atom. The predicted molar refractivity (Wildman–Crippen MR) is 91.2 cm³/mol. The molecule has 0 radical (unpaired) electrons. The van der Waals surface area contributed by atoms with Crippen LogP contribution in [0.25, 0.3) is 0 Å². The molecular formula is C18H23N3O4. The van der Waals surface area contributed by atoms with Crippen molar-refractivity contribution in [2.45, 2.75) is 25.9 Å². The molecule has 1 aromatic carbocycles. The SMILES string of the molecule is CC[C@H](NC(=O)c1cc(CN2CCOCC2)on1)c1ccc(O)cc1. The normalized spacial score (nSPS) is 16.5. The second kappa shape index (κ2) is 8.13. The van der Waals surface area contributed by atoms with E-state index in [2.05, 4.69) is 15.4 Å². The van der Waals surface area contributed by atoms with Crippen LogP contribution in [-0.2, 0) is 11.3 Å². The number of nitrogens with zero attached hydrogens (tertiary/aromatic N) is 2. The maximum atomic E-state index is 12.4. The highest BCUT2D eigenvalue weighted by Gasteiger charge is 2.19. The molecule has 1 saturated heterocycles. The van der Waals surface area contributed by atoms with Crippen LogP contribution < -0.4 is 5.32 Å². The molecule has 0 unspecified atom stereocenters. The van der Waals surface area contributed by atoms with Crippen molar-refractivity contribution in [3.63, 3.8) is 0 Å². The molecule has 134 valence electrons. The zero-order valence-electron chi connectivity index (χ0n) is 14.3. The lowest BCUT2D eigenvalue weighted by Crippen LogP contribution is -2.35. The number of carbonyl (C=O) groups excluding carboxylic acids is 1. The van der Waals surface area contributed by atoms with E-state index in [1.807, 2.05) is 6.92 Å². The van der Waals surface area contributed by atoms with Crippen molar-refractivity contribution in [2.75, 3.05) is 26.3 Å². The third-order valence-corrected chi connectivity index (χ3v) is 4.28. The van der Waals surface area contributed by atoms with E-state index in [1.54, 1.807) is 30.3 Å². The minimum Gasteiger partial charge on any atom is -0.508 e. The molecule has 1 aliphatic rings. The van der Waals surface area contributed by atoms with E-state index in [0.717, 1.165) is 25.1 Å². The van der Waals surface area contributed by atoms with E-state index in [9.17, 15) is 9.90 Å². The quantitative estimate of drug-likeness (QED) is 0.833. The fraction of sp³-hybridized carbons (Fsp3) is 0.444. The number of phenolic OH excluding ortho intramolecular Hbond substituents is 1.